The molecule has 2 aliphatic rings. The maximum Gasteiger partial charge on any atom is 0.421 e. The van der Waals surface area contributed by atoms with Gasteiger partial charge in [-0.25, -0.2) is 4.68 Å². The molecule has 35 heavy (non-hydrogen) atoms. The molecule has 188 valence electrons. The maximum atomic E-state index is 13.3. The zero-order valence-electron chi connectivity index (χ0n) is 19.7. The molecule has 0 atom stereocenters. The summed E-state index contributed by atoms with van der Waals surface area (Å²) in [4.78, 5) is 41.0. The van der Waals surface area contributed by atoms with E-state index in [2.05, 4.69) is 10.4 Å². The minimum Gasteiger partial charge on any atom is -0.339 e. The predicted octanol–water partition coefficient (Wildman–Crippen LogP) is 2.54. The van der Waals surface area contributed by atoms with Crippen molar-refractivity contribution in [2.75, 3.05) is 38.0 Å². The summed E-state index contributed by atoms with van der Waals surface area (Å²) in [5.74, 6) is -0.731. The summed E-state index contributed by atoms with van der Waals surface area (Å²) in [5.41, 5.74) is 0.327. The number of alkyl halides is 3. The van der Waals surface area contributed by atoms with Crippen LogP contribution in [0.2, 0.25) is 0 Å². The minimum atomic E-state index is -4.81. The lowest BCUT2D eigenvalue weighted by molar-refractivity contribution is -0.140. The van der Waals surface area contributed by atoms with Crippen molar-refractivity contribution in [3.63, 3.8) is 0 Å². The van der Waals surface area contributed by atoms with Crippen molar-refractivity contribution in [3.05, 3.63) is 57.0 Å². The number of aryl methyl sites for hydroxylation is 2. The molecular formula is C24H28F3N5O3. The molecule has 0 bridgehead atoms. The van der Waals surface area contributed by atoms with E-state index in [1.807, 2.05) is 36.9 Å². The largest absolute Gasteiger partial charge is 0.421 e. The third kappa shape index (κ3) is 5.90. The average Bonchev–Trinajstić information content (AvgIpc) is 3.63. The van der Waals surface area contributed by atoms with Gasteiger partial charge in [0, 0.05) is 37.8 Å². The summed E-state index contributed by atoms with van der Waals surface area (Å²) in [5, 5.41) is 6.98. The molecule has 2 fully saturated rings. The summed E-state index contributed by atoms with van der Waals surface area (Å²) >= 11 is 0. The number of aromatic nitrogens is 2. The lowest BCUT2D eigenvalue weighted by Crippen LogP contribution is -2.51. The Morgan fingerprint density at radius 3 is 2.26 bits per heavy atom. The molecule has 4 rings (SSSR count). The van der Waals surface area contributed by atoms with Crippen LogP contribution in [0.5, 0.6) is 0 Å². The van der Waals surface area contributed by atoms with Crippen LogP contribution in [0, 0.1) is 13.8 Å². The van der Waals surface area contributed by atoms with Crippen LogP contribution < -0.4 is 10.9 Å². The number of anilines is 1. The molecule has 8 nitrogen and oxygen atoms in total. The number of halogens is 3. The van der Waals surface area contributed by atoms with Crippen molar-refractivity contribution in [1.82, 2.24) is 19.6 Å². The van der Waals surface area contributed by atoms with E-state index in [9.17, 15) is 27.6 Å². The van der Waals surface area contributed by atoms with Crippen molar-refractivity contribution in [1.29, 1.82) is 0 Å². The molecule has 2 amide bonds. The molecule has 1 aromatic heterocycles. The zero-order valence-corrected chi connectivity index (χ0v) is 19.7. The van der Waals surface area contributed by atoms with Crippen molar-refractivity contribution >= 4 is 17.5 Å². The van der Waals surface area contributed by atoms with E-state index in [1.165, 1.54) is 4.90 Å². The molecule has 1 aliphatic carbocycles. The highest BCUT2D eigenvalue weighted by Gasteiger charge is 2.38. The SMILES string of the molecule is Cc1cccc(C)c1NC(=O)CN1CCN(C(=O)Cn2nc(C3CC3)cc(C(F)(F)F)c2=O)CC1. The Hall–Kier alpha value is -3.21. The molecule has 2 heterocycles. The number of amides is 2. The number of nitrogens with one attached hydrogen (secondary N) is 1. The van der Waals surface area contributed by atoms with Gasteiger partial charge in [-0.1, -0.05) is 18.2 Å². The van der Waals surface area contributed by atoms with Crippen LogP contribution in [0.3, 0.4) is 0 Å². The third-order valence-electron chi connectivity index (χ3n) is 6.42. The minimum absolute atomic E-state index is 0.101. The number of para-hydroxylation sites is 1. The molecule has 0 unspecified atom stereocenters. The smallest absolute Gasteiger partial charge is 0.339 e. The van der Waals surface area contributed by atoms with Gasteiger partial charge in [0.05, 0.1) is 12.2 Å². The van der Waals surface area contributed by atoms with Crippen LogP contribution in [-0.4, -0.2) is 64.1 Å². The lowest BCUT2D eigenvalue weighted by atomic mass is 10.1. The van der Waals surface area contributed by atoms with Gasteiger partial charge in [-0.15, -0.1) is 0 Å². The van der Waals surface area contributed by atoms with E-state index >= 15 is 0 Å². The molecule has 1 saturated carbocycles. The van der Waals surface area contributed by atoms with Crippen molar-refractivity contribution in [2.45, 2.75) is 45.3 Å². The highest BCUT2D eigenvalue weighted by Crippen LogP contribution is 2.40. The number of carbonyl (C=O) groups excluding carboxylic acids is 2. The number of carbonyl (C=O) groups is 2. The van der Waals surface area contributed by atoms with E-state index in [4.69, 9.17) is 0 Å². The Morgan fingerprint density at radius 1 is 1.06 bits per heavy atom. The standard InChI is InChI=1S/C24H28F3N5O3/c1-15-4-3-5-16(2)22(15)28-20(33)13-30-8-10-31(11-9-30)21(34)14-32-23(35)18(24(25,26)27)12-19(29-32)17-6-7-17/h3-5,12,17H,6-11,13-14H2,1-2H3,(H,28,33). The highest BCUT2D eigenvalue weighted by molar-refractivity contribution is 5.93. The van der Waals surface area contributed by atoms with Crippen LogP contribution in [0.4, 0.5) is 18.9 Å². The lowest BCUT2D eigenvalue weighted by Gasteiger charge is -2.34. The van der Waals surface area contributed by atoms with Crippen LogP contribution in [0.1, 0.15) is 41.1 Å². The van der Waals surface area contributed by atoms with E-state index in [0.29, 0.717) is 30.9 Å². The molecule has 0 radical (unpaired) electrons. The second kappa shape index (κ2) is 9.80. The van der Waals surface area contributed by atoms with Gasteiger partial charge >= 0.3 is 6.18 Å². The highest BCUT2D eigenvalue weighted by atomic mass is 19.4. The fourth-order valence-corrected chi connectivity index (χ4v) is 4.23. The van der Waals surface area contributed by atoms with Gasteiger partial charge in [0.1, 0.15) is 12.1 Å². The quantitative estimate of drug-likeness (QED) is 0.671. The fourth-order valence-electron chi connectivity index (χ4n) is 4.23. The van der Waals surface area contributed by atoms with Crippen LogP contribution >= 0.6 is 0 Å². The van der Waals surface area contributed by atoms with Crippen LogP contribution in [0.15, 0.2) is 29.1 Å². The van der Waals surface area contributed by atoms with E-state index in [1.54, 1.807) is 0 Å². The fraction of sp³-hybridized carbons (Fsp3) is 0.500. The number of nitrogens with zero attached hydrogens (tertiary/aromatic N) is 4. The topological polar surface area (TPSA) is 87.5 Å². The molecule has 2 aromatic rings. The molecule has 0 spiro atoms. The van der Waals surface area contributed by atoms with Crippen molar-refractivity contribution in [3.8, 4) is 0 Å². The second-order valence-corrected chi connectivity index (χ2v) is 9.19. The first-order valence-corrected chi connectivity index (χ1v) is 11.6. The molecule has 1 saturated heterocycles. The second-order valence-electron chi connectivity index (χ2n) is 9.19. The van der Waals surface area contributed by atoms with Gasteiger partial charge in [0.25, 0.3) is 5.56 Å². The van der Waals surface area contributed by atoms with E-state index in [0.717, 1.165) is 35.7 Å². The molecule has 1 N–H and O–H groups in total. The first-order valence-electron chi connectivity index (χ1n) is 11.6. The molecular weight excluding hydrogens is 463 g/mol. The van der Waals surface area contributed by atoms with Crippen molar-refractivity contribution in [2.24, 2.45) is 0 Å². The Bertz CT molecular complexity index is 1160. The third-order valence-corrected chi connectivity index (χ3v) is 6.42. The van der Waals surface area contributed by atoms with Gasteiger partial charge in [-0.3, -0.25) is 19.3 Å². The summed E-state index contributed by atoms with van der Waals surface area (Å²) in [7, 11) is 0. The van der Waals surface area contributed by atoms with Gasteiger partial charge in [0.2, 0.25) is 11.8 Å². The summed E-state index contributed by atoms with van der Waals surface area (Å²) < 4.78 is 40.7. The number of rotatable bonds is 6. The van der Waals surface area contributed by atoms with Gasteiger partial charge in [-0.2, -0.15) is 18.3 Å². The summed E-state index contributed by atoms with van der Waals surface area (Å²) in [6.45, 7) is 4.94. The van der Waals surface area contributed by atoms with Crippen LogP contribution in [0.25, 0.3) is 0 Å². The first-order chi connectivity index (χ1) is 16.5. The van der Waals surface area contributed by atoms with E-state index in [-0.39, 0.29) is 24.1 Å². The van der Waals surface area contributed by atoms with Gasteiger partial charge in [-0.05, 0) is 43.9 Å². The Kier molecular flexibility index (Phi) is 6.98. The zero-order chi connectivity index (χ0) is 25.3. The molecule has 11 heteroatoms. The number of benzene rings is 1. The number of hydrogen-bond acceptors (Lipinski definition) is 5. The first kappa shape index (κ1) is 24.9. The monoisotopic (exact) mass is 491 g/mol. The van der Waals surface area contributed by atoms with Gasteiger partial charge < -0.3 is 10.2 Å². The summed E-state index contributed by atoms with van der Waals surface area (Å²) in [6, 6.07) is 6.58. The Morgan fingerprint density at radius 2 is 1.69 bits per heavy atom. The number of piperazine rings is 1. The Balaban J connectivity index is 1.35. The van der Waals surface area contributed by atoms with Crippen molar-refractivity contribution < 1.29 is 22.8 Å². The maximum absolute atomic E-state index is 13.3. The number of hydrogen-bond donors (Lipinski definition) is 1. The molecule has 1 aliphatic heterocycles. The Labute approximate surface area is 200 Å². The predicted molar refractivity (Wildman–Crippen MR) is 123 cm³/mol. The van der Waals surface area contributed by atoms with Crippen LogP contribution in [-0.2, 0) is 22.3 Å². The molecule has 1 aromatic carbocycles. The average molecular weight is 492 g/mol. The normalized spacial score (nSPS) is 16.9. The van der Waals surface area contributed by atoms with Gasteiger partial charge in [0.15, 0.2) is 0 Å². The summed E-state index contributed by atoms with van der Waals surface area (Å²) in [6.07, 6.45) is -3.37. The van der Waals surface area contributed by atoms with E-state index < -0.39 is 29.8 Å².